The standard InChI is InChI=1S/C20H19Cl2N5O/c1-14-19(23-24-27(14)18-4-2-3-16(22)13-18)20(28)26-11-9-25(10-12-26)17-7-5-15(21)6-8-17/h2-8,13H,9-12H2,1H3. The summed E-state index contributed by atoms with van der Waals surface area (Å²) in [5.74, 6) is -0.0958. The van der Waals surface area contributed by atoms with Gasteiger partial charge in [-0.3, -0.25) is 4.79 Å². The van der Waals surface area contributed by atoms with E-state index in [2.05, 4.69) is 15.2 Å². The van der Waals surface area contributed by atoms with Crippen molar-refractivity contribution in [2.75, 3.05) is 31.1 Å². The van der Waals surface area contributed by atoms with Crippen molar-refractivity contribution >= 4 is 34.8 Å². The number of benzene rings is 2. The number of hydrogen-bond acceptors (Lipinski definition) is 4. The minimum absolute atomic E-state index is 0.0958. The molecule has 0 saturated carbocycles. The molecule has 1 aromatic heterocycles. The third-order valence-electron chi connectivity index (χ3n) is 4.91. The van der Waals surface area contributed by atoms with Crippen LogP contribution in [0.25, 0.3) is 5.69 Å². The van der Waals surface area contributed by atoms with Gasteiger partial charge in [-0.15, -0.1) is 5.10 Å². The first-order valence-electron chi connectivity index (χ1n) is 9.01. The van der Waals surface area contributed by atoms with Crippen LogP contribution in [0.1, 0.15) is 16.2 Å². The van der Waals surface area contributed by atoms with Gasteiger partial charge in [-0.05, 0) is 49.4 Å². The molecule has 0 atom stereocenters. The Balaban J connectivity index is 1.46. The number of rotatable bonds is 3. The summed E-state index contributed by atoms with van der Waals surface area (Å²) >= 11 is 12.0. The van der Waals surface area contributed by atoms with Gasteiger partial charge in [0.25, 0.3) is 5.91 Å². The maximum Gasteiger partial charge on any atom is 0.276 e. The van der Waals surface area contributed by atoms with E-state index in [1.807, 2.05) is 48.2 Å². The Hall–Kier alpha value is -2.57. The van der Waals surface area contributed by atoms with E-state index < -0.39 is 0 Å². The van der Waals surface area contributed by atoms with Crippen molar-refractivity contribution in [2.45, 2.75) is 6.92 Å². The molecule has 2 aromatic carbocycles. The van der Waals surface area contributed by atoms with E-state index >= 15 is 0 Å². The number of carbonyl (C=O) groups is 1. The fourth-order valence-corrected chi connectivity index (χ4v) is 3.66. The average Bonchev–Trinajstić information content (AvgIpc) is 3.09. The fourth-order valence-electron chi connectivity index (χ4n) is 3.35. The predicted molar refractivity (Wildman–Crippen MR) is 111 cm³/mol. The van der Waals surface area contributed by atoms with Crippen molar-refractivity contribution in [2.24, 2.45) is 0 Å². The molecule has 4 rings (SSSR count). The summed E-state index contributed by atoms with van der Waals surface area (Å²) < 4.78 is 1.64. The summed E-state index contributed by atoms with van der Waals surface area (Å²) in [4.78, 5) is 17.0. The second-order valence-corrected chi connectivity index (χ2v) is 7.54. The van der Waals surface area contributed by atoms with Crippen LogP contribution in [0.4, 0.5) is 5.69 Å². The first-order chi connectivity index (χ1) is 13.5. The van der Waals surface area contributed by atoms with E-state index in [0.717, 1.165) is 29.5 Å². The number of aromatic nitrogens is 3. The molecule has 0 N–H and O–H groups in total. The Kier molecular flexibility index (Phi) is 5.24. The van der Waals surface area contributed by atoms with E-state index in [1.165, 1.54) is 0 Å². The second-order valence-electron chi connectivity index (χ2n) is 6.67. The molecule has 8 heteroatoms. The van der Waals surface area contributed by atoms with E-state index in [0.29, 0.717) is 29.5 Å². The molecular formula is C20H19Cl2N5O. The van der Waals surface area contributed by atoms with Gasteiger partial charge in [-0.25, -0.2) is 4.68 Å². The SMILES string of the molecule is Cc1c(C(=O)N2CCN(c3ccc(Cl)cc3)CC2)nnn1-c1cccc(Cl)c1. The normalized spacial score (nSPS) is 14.4. The number of piperazine rings is 1. The first-order valence-corrected chi connectivity index (χ1v) is 9.76. The van der Waals surface area contributed by atoms with Crippen molar-refractivity contribution in [1.29, 1.82) is 0 Å². The minimum Gasteiger partial charge on any atom is -0.368 e. The highest BCUT2D eigenvalue weighted by Gasteiger charge is 2.26. The highest BCUT2D eigenvalue weighted by molar-refractivity contribution is 6.31. The number of amides is 1. The lowest BCUT2D eigenvalue weighted by Crippen LogP contribution is -2.49. The molecule has 1 saturated heterocycles. The zero-order valence-corrected chi connectivity index (χ0v) is 16.9. The fraction of sp³-hybridized carbons (Fsp3) is 0.250. The summed E-state index contributed by atoms with van der Waals surface area (Å²) in [6.45, 7) is 4.62. The number of halogens is 2. The Labute approximate surface area is 173 Å². The van der Waals surface area contributed by atoms with E-state index in [-0.39, 0.29) is 5.91 Å². The molecule has 1 fully saturated rings. The molecule has 3 aromatic rings. The monoisotopic (exact) mass is 415 g/mol. The minimum atomic E-state index is -0.0958. The van der Waals surface area contributed by atoms with Gasteiger partial charge in [0.05, 0.1) is 11.4 Å². The summed E-state index contributed by atoms with van der Waals surface area (Å²) in [5.41, 5.74) is 2.97. The maximum absolute atomic E-state index is 13.0. The average molecular weight is 416 g/mol. The Morgan fingerprint density at radius 1 is 0.929 bits per heavy atom. The number of anilines is 1. The zero-order chi connectivity index (χ0) is 19.7. The molecule has 0 spiro atoms. The molecule has 28 heavy (non-hydrogen) atoms. The Morgan fingerprint density at radius 3 is 2.32 bits per heavy atom. The van der Waals surface area contributed by atoms with Crippen molar-refractivity contribution in [1.82, 2.24) is 19.9 Å². The predicted octanol–water partition coefficient (Wildman–Crippen LogP) is 3.84. The highest BCUT2D eigenvalue weighted by atomic mass is 35.5. The van der Waals surface area contributed by atoms with Crippen molar-refractivity contribution in [3.05, 3.63) is 70.0 Å². The van der Waals surface area contributed by atoms with E-state index in [1.54, 1.807) is 16.8 Å². The Bertz CT molecular complexity index is 994. The molecule has 0 bridgehead atoms. The second kappa shape index (κ2) is 7.81. The van der Waals surface area contributed by atoms with Crippen LogP contribution in [0.2, 0.25) is 10.0 Å². The molecule has 1 aliphatic heterocycles. The molecule has 1 amide bonds. The molecule has 1 aliphatic rings. The summed E-state index contributed by atoms with van der Waals surface area (Å²) in [5, 5.41) is 9.61. The largest absolute Gasteiger partial charge is 0.368 e. The third kappa shape index (κ3) is 3.70. The zero-order valence-electron chi connectivity index (χ0n) is 15.3. The van der Waals surface area contributed by atoms with Crippen LogP contribution in [-0.4, -0.2) is 52.0 Å². The van der Waals surface area contributed by atoms with Gasteiger partial charge in [0.1, 0.15) is 0 Å². The summed E-state index contributed by atoms with van der Waals surface area (Å²) in [6, 6.07) is 15.1. The number of hydrogen-bond donors (Lipinski definition) is 0. The maximum atomic E-state index is 13.0. The van der Waals surface area contributed by atoms with Gasteiger partial charge in [-0.2, -0.15) is 0 Å². The van der Waals surface area contributed by atoms with Crippen LogP contribution in [0.15, 0.2) is 48.5 Å². The molecule has 144 valence electrons. The quantitative estimate of drug-likeness (QED) is 0.651. The molecule has 0 aliphatic carbocycles. The van der Waals surface area contributed by atoms with Crippen LogP contribution in [0.3, 0.4) is 0 Å². The van der Waals surface area contributed by atoms with E-state index in [9.17, 15) is 4.79 Å². The van der Waals surface area contributed by atoms with Gasteiger partial charge in [0, 0.05) is 41.9 Å². The smallest absolute Gasteiger partial charge is 0.276 e. The molecule has 0 unspecified atom stereocenters. The van der Waals surface area contributed by atoms with Gasteiger partial charge in [-0.1, -0.05) is 34.5 Å². The number of nitrogens with zero attached hydrogens (tertiary/aromatic N) is 5. The lowest BCUT2D eigenvalue weighted by atomic mass is 10.2. The van der Waals surface area contributed by atoms with Crippen molar-refractivity contribution < 1.29 is 4.79 Å². The van der Waals surface area contributed by atoms with Crippen LogP contribution >= 0.6 is 23.2 Å². The first kappa shape index (κ1) is 18.8. The topological polar surface area (TPSA) is 54.3 Å². The van der Waals surface area contributed by atoms with Crippen LogP contribution in [0.5, 0.6) is 0 Å². The van der Waals surface area contributed by atoms with Crippen molar-refractivity contribution in [3.8, 4) is 5.69 Å². The molecular weight excluding hydrogens is 397 g/mol. The van der Waals surface area contributed by atoms with Crippen LogP contribution in [-0.2, 0) is 0 Å². The van der Waals surface area contributed by atoms with Crippen LogP contribution in [0, 0.1) is 6.92 Å². The van der Waals surface area contributed by atoms with Gasteiger partial charge < -0.3 is 9.80 Å². The lowest BCUT2D eigenvalue weighted by molar-refractivity contribution is 0.0740. The molecule has 2 heterocycles. The summed E-state index contributed by atoms with van der Waals surface area (Å²) in [6.07, 6.45) is 0. The highest BCUT2D eigenvalue weighted by Crippen LogP contribution is 2.21. The summed E-state index contributed by atoms with van der Waals surface area (Å²) in [7, 11) is 0. The molecule has 0 radical (unpaired) electrons. The third-order valence-corrected chi connectivity index (χ3v) is 5.40. The van der Waals surface area contributed by atoms with Gasteiger partial charge >= 0.3 is 0 Å². The lowest BCUT2D eigenvalue weighted by Gasteiger charge is -2.35. The van der Waals surface area contributed by atoms with Crippen LogP contribution < -0.4 is 4.90 Å². The number of carbonyl (C=O) groups excluding carboxylic acids is 1. The Morgan fingerprint density at radius 2 is 1.64 bits per heavy atom. The molecule has 6 nitrogen and oxygen atoms in total. The van der Waals surface area contributed by atoms with Gasteiger partial charge in [0.15, 0.2) is 5.69 Å². The van der Waals surface area contributed by atoms with Crippen molar-refractivity contribution in [3.63, 3.8) is 0 Å². The van der Waals surface area contributed by atoms with Gasteiger partial charge in [0.2, 0.25) is 0 Å². The van der Waals surface area contributed by atoms with E-state index in [4.69, 9.17) is 23.2 Å².